The molecule has 1 unspecified atom stereocenters. The normalized spacial score (nSPS) is 11.6. The van der Waals surface area contributed by atoms with Crippen LogP contribution in [0.2, 0.25) is 0 Å². The molecule has 0 radical (unpaired) electrons. The summed E-state index contributed by atoms with van der Waals surface area (Å²) in [7, 11) is 0. The molecule has 8 heteroatoms. The first-order chi connectivity index (χ1) is 16.5. The fourth-order valence-corrected chi connectivity index (χ4v) is 4.26. The van der Waals surface area contributed by atoms with Crippen LogP contribution in [0.4, 0.5) is 10.1 Å². The summed E-state index contributed by atoms with van der Waals surface area (Å²) in [6.07, 6.45) is 5.17. The highest BCUT2D eigenvalue weighted by Gasteiger charge is 2.33. The second-order valence-electron chi connectivity index (χ2n) is 7.60. The van der Waals surface area contributed by atoms with Crippen molar-refractivity contribution >= 4 is 28.8 Å². The minimum absolute atomic E-state index is 0.142. The number of hydrogen-bond donors (Lipinski definition) is 1. The zero-order chi connectivity index (χ0) is 23.9. The van der Waals surface area contributed by atoms with E-state index in [0.29, 0.717) is 11.3 Å². The topological polar surface area (TPSA) is 75.2 Å². The number of aryl methyl sites for hydroxylation is 1. The maximum Gasteiger partial charge on any atom is 0.275 e. The van der Waals surface area contributed by atoms with E-state index in [9.17, 15) is 14.0 Å². The zero-order valence-corrected chi connectivity index (χ0v) is 19.3. The van der Waals surface area contributed by atoms with Crippen molar-refractivity contribution in [1.82, 2.24) is 14.9 Å². The number of halogens is 1. The summed E-state index contributed by atoms with van der Waals surface area (Å²) in [6.45, 7) is 2.26. The molecule has 0 bridgehead atoms. The number of anilines is 1. The van der Waals surface area contributed by atoms with Gasteiger partial charge in [0.1, 0.15) is 17.6 Å². The van der Waals surface area contributed by atoms with Crippen molar-refractivity contribution in [3.05, 3.63) is 112 Å². The lowest BCUT2D eigenvalue weighted by molar-refractivity contribution is -0.121. The molecule has 34 heavy (non-hydrogen) atoms. The first-order valence-electron chi connectivity index (χ1n) is 10.8. The van der Waals surface area contributed by atoms with E-state index in [4.69, 9.17) is 0 Å². The average Bonchev–Trinajstić information content (AvgIpc) is 3.39. The molecule has 2 aromatic carbocycles. The van der Waals surface area contributed by atoms with Crippen LogP contribution in [0.25, 0.3) is 0 Å². The fourth-order valence-electron chi connectivity index (χ4n) is 3.56. The van der Waals surface area contributed by atoms with E-state index in [2.05, 4.69) is 22.2 Å². The van der Waals surface area contributed by atoms with Gasteiger partial charge in [-0.05, 0) is 53.3 Å². The van der Waals surface area contributed by atoms with Gasteiger partial charge < -0.3 is 10.2 Å². The Hall–Kier alpha value is -3.91. The van der Waals surface area contributed by atoms with Crippen molar-refractivity contribution in [2.45, 2.75) is 25.9 Å². The second-order valence-corrected chi connectivity index (χ2v) is 8.63. The molecular weight excluding hydrogens is 451 g/mol. The number of carbonyl (C=O) groups is 2. The van der Waals surface area contributed by atoms with E-state index in [1.54, 1.807) is 0 Å². The van der Waals surface area contributed by atoms with Gasteiger partial charge in [-0.15, -0.1) is 11.3 Å². The van der Waals surface area contributed by atoms with Gasteiger partial charge in [0.05, 0.1) is 12.7 Å². The van der Waals surface area contributed by atoms with Gasteiger partial charge in [-0.3, -0.25) is 14.6 Å². The summed E-state index contributed by atoms with van der Waals surface area (Å²) in [5.41, 5.74) is 2.35. The lowest BCUT2D eigenvalue weighted by Crippen LogP contribution is -2.41. The van der Waals surface area contributed by atoms with Gasteiger partial charge >= 0.3 is 0 Å². The molecule has 2 amide bonds. The molecule has 2 aromatic heterocycles. The number of carbonyl (C=O) groups excluding carboxylic acids is 2. The van der Waals surface area contributed by atoms with Gasteiger partial charge in [0.2, 0.25) is 0 Å². The molecule has 1 N–H and O–H groups in total. The highest BCUT2D eigenvalue weighted by atomic mass is 32.1. The Bertz CT molecular complexity index is 1230. The number of nitrogens with one attached hydrogen (secondary N) is 1. The van der Waals surface area contributed by atoms with Crippen molar-refractivity contribution < 1.29 is 14.0 Å². The number of aromatic nitrogens is 2. The number of nitrogens with zero attached hydrogens (tertiary/aromatic N) is 3. The fraction of sp³-hybridized carbons (Fsp3) is 0.154. The Morgan fingerprint density at radius 1 is 1.06 bits per heavy atom. The quantitative estimate of drug-likeness (QED) is 0.378. The minimum atomic E-state index is -0.951. The lowest BCUT2D eigenvalue weighted by atomic mass is 10.0. The third-order valence-electron chi connectivity index (χ3n) is 5.32. The highest BCUT2D eigenvalue weighted by Crippen LogP contribution is 2.28. The minimum Gasteiger partial charge on any atom is -0.324 e. The van der Waals surface area contributed by atoms with Gasteiger partial charge in [-0.25, -0.2) is 9.37 Å². The van der Waals surface area contributed by atoms with Crippen LogP contribution in [0.1, 0.15) is 39.5 Å². The molecule has 0 aliphatic rings. The Balaban J connectivity index is 1.76. The van der Waals surface area contributed by atoms with Crippen LogP contribution in [0, 0.1) is 5.82 Å². The van der Waals surface area contributed by atoms with Gasteiger partial charge in [0.15, 0.2) is 0 Å². The number of amides is 2. The molecule has 0 fully saturated rings. The largest absolute Gasteiger partial charge is 0.324 e. The standard InChI is InChI=1S/C26H23FN4O2S/c1-2-18-5-7-19(8-6-18)24(25(32)30-21-11-9-20(27)10-12-21)31(17-22-4-3-15-34-22)26(33)23-16-28-13-14-29-23/h3-16,24H,2,17H2,1H3,(H,30,32). The molecule has 1 atom stereocenters. The Labute approximate surface area is 201 Å². The van der Waals surface area contributed by atoms with Crippen LogP contribution in [0.5, 0.6) is 0 Å². The van der Waals surface area contributed by atoms with Crippen molar-refractivity contribution in [2.24, 2.45) is 0 Å². The van der Waals surface area contributed by atoms with Crippen LogP contribution in [0.15, 0.2) is 84.6 Å². The van der Waals surface area contributed by atoms with Gasteiger partial charge in [-0.1, -0.05) is 37.3 Å². The van der Waals surface area contributed by atoms with Crippen molar-refractivity contribution in [2.75, 3.05) is 5.32 Å². The molecule has 0 aliphatic carbocycles. The molecule has 2 heterocycles. The molecular formula is C26H23FN4O2S. The van der Waals surface area contributed by atoms with E-state index in [1.807, 2.05) is 41.8 Å². The number of thiophene rings is 1. The summed E-state index contributed by atoms with van der Waals surface area (Å²) in [6, 6.07) is 16.0. The molecule has 0 aliphatic heterocycles. The van der Waals surface area contributed by atoms with Crippen molar-refractivity contribution in [3.8, 4) is 0 Å². The zero-order valence-electron chi connectivity index (χ0n) is 18.5. The molecule has 4 rings (SSSR count). The molecule has 0 saturated carbocycles. The molecule has 0 spiro atoms. The SMILES string of the molecule is CCc1ccc(C(C(=O)Nc2ccc(F)cc2)N(Cc2cccs2)C(=O)c2cnccn2)cc1. The number of hydrogen-bond acceptors (Lipinski definition) is 5. The van der Waals surface area contributed by atoms with E-state index in [1.165, 1.54) is 59.1 Å². The van der Waals surface area contributed by atoms with Crippen LogP contribution < -0.4 is 5.32 Å². The van der Waals surface area contributed by atoms with Gasteiger partial charge in [-0.2, -0.15) is 0 Å². The highest BCUT2D eigenvalue weighted by molar-refractivity contribution is 7.09. The van der Waals surface area contributed by atoms with Crippen LogP contribution in [0.3, 0.4) is 0 Å². The Morgan fingerprint density at radius 3 is 2.44 bits per heavy atom. The summed E-state index contributed by atoms with van der Waals surface area (Å²) in [5.74, 6) is -1.23. The first-order valence-corrected chi connectivity index (χ1v) is 11.7. The maximum absolute atomic E-state index is 13.6. The summed E-state index contributed by atoms with van der Waals surface area (Å²) in [5, 5.41) is 4.75. The van der Waals surface area contributed by atoms with Gasteiger partial charge in [0.25, 0.3) is 11.8 Å². The smallest absolute Gasteiger partial charge is 0.275 e. The van der Waals surface area contributed by atoms with Gasteiger partial charge in [0, 0.05) is 23.0 Å². The summed E-state index contributed by atoms with van der Waals surface area (Å²) < 4.78 is 13.4. The van der Waals surface area contributed by atoms with E-state index < -0.39 is 23.7 Å². The summed E-state index contributed by atoms with van der Waals surface area (Å²) in [4.78, 5) is 37.8. The van der Waals surface area contributed by atoms with Crippen LogP contribution >= 0.6 is 11.3 Å². The van der Waals surface area contributed by atoms with Crippen molar-refractivity contribution in [1.29, 1.82) is 0 Å². The van der Waals surface area contributed by atoms with Crippen LogP contribution in [-0.2, 0) is 17.8 Å². The Morgan fingerprint density at radius 2 is 1.82 bits per heavy atom. The average molecular weight is 475 g/mol. The predicted molar refractivity (Wildman–Crippen MR) is 130 cm³/mol. The third-order valence-corrected chi connectivity index (χ3v) is 6.19. The predicted octanol–water partition coefficient (Wildman–Crippen LogP) is 5.26. The third kappa shape index (κ3) is 5.52. The van der Waals surface area contributed by atoms with Crippen molar-refractivity contribution in [3.63, 3.8) is 0 Å². The number of rotatable bonds is 8. The molecule has 4 aromatic rings. The maximum atomic E-state index is 13.6. The molecule has 6 nitrogen and oxygen atoms in total. The van der Waals surface area contributed by atoms with E-state index >= 15 is 0 Å². The molecule has 0 saturated heterocycles. The Kier molecular flexibility index (Phi) is 7.39. The first kappa shape index (κ1) is 23.3. The van der Waals surface area contributed by atoms with Crippen LogP contribution in [-0.4, -0.2) is 26.7 Å². The lowest BCUT2D eigenvalue weighted by Gasteiger charge is -2.31. The van der Waals surface area contributed by atoms with E-state index in [-0.39, 0.29) is 12.2 Å². The number of benzene rings is 2. The molecule has 172 valence electrons. The summed E-state index contributed by atoms with van der Waals surface area (Å²) >= 11 is 1.50. The monoisotopic (exact) mass is 474 g/mol. The second kappa shape index (κ2) is 10.8. The van der Waals surface area contributed by atoms with E-state index in [0.717, 1.165) is 16.9 Å².